The molecule has 1 aromatic rings. The summed E-state index contributed by atoms with van der Waals surface area (Å²) < 4.78 is 0. The van der Waals surface area contributed by atoms with Gasteiger partial charge in [0.2, 0.25) is 16.5 Å². The maximum atomic E-state index is 5.72. The van der Waals surface area contributed by atoms with Gasteiger partial charge in [-0.25, -0.2) is 0 Å². The Hall–Kier alpha value is -0.610. The van der Waals surface area contributed by atoms with E-state index in [0.717, 1.165) is 13.0 Å². The molecule has 132 valence electrons. The number of aromatic nitrogens is 3. The number of hydrogen-bond donors (Lipinski definition) is 1. The minimum atomic E-state index is 0.127. The number of nitrogens with zero attached hydrogens (tertiary/aromatic N) is 3. The van der Waals surface area contributed by atoms with Crippen LogP contribution in [0, 0.1) is 0 Å². The first kappa shape index (κ1) is 20.4. The molecule has 1 heterocycles. The van der Waals surface area contributed by atoms with Crippen LogP contribution in [0.3, 0.4) is 0 Å². The van der Waals surface area contributed by atoms with Gasteiger partial charge in [0.15, 0.2) is 0 Å². The fourth-order valence-electron chi connectivity index (χ4n) is 2.57. The van der Waals surface area contributed by atoms with E-state index >= 15 is 0 Å². The maximum absolute atomic E-state index is 5.72. The molecule has 0 aliphatic heterocycles. The van der Waals surface area contributed by atoms with Gasteiger partial charge in [-0.2, -0.15) is 15.0 Å². The Morgan fingerprint density at radius 2 is 1.09 bits per heavy atom. The molecular weight excluding hydrogens is 331 g/mol. The van der Waals surface area contributed by atoms with Gasteiger partial charge < -0.3 is 5.32 Å². The van der Waals surface area contributed by atoms with Crippen molar-refractivity contribution in [2.45, 2.75) is 84.0 Å². The van der Waals surface area contributed by atoms with E-state index in [2.05, 4.69) is 27.2 Å². The van der Waals surface area contributed by atoms with Gasteiger partial charge in [-0.3, -0.25) is 0 Å². The molecule has 0 amide bonds. The highest BCUT2D eigenvalue weighted by molar-refractivity contribution is 6.31. The van der Waals surface area contributed by atoms with Gasteiger partial charge in [0, 0.05) is 6.54 Å². The Morgan fingerprint density at radius 1 is 0.652 bits per heavy atom. The topological polar surface area (TPSA) is 50.7 Å². The Bertz CT molecular complexity index is 395. The quantitative estimate of drug-likeness (QED) is 0.396. The third kappa shape index (κ3) is 11.5. The molecule has 0 fully saturated rings. The van der Waals surface area contributed by atoms with Gasteiger partial charge >= 0.3 is 0 Å². The molecule has 6 heteroatoms. The van der Waals surface area contributed by atoms with Crippen LogP contribution >= 0.6 is 23.2 Å². The fourth-order valence-corrected chi connectivity index (χ4v) is 2.93. The zero-order valence-corrected chi connectivity index (χ0v) is 15.8. The van der Waals surface area contributed by atoms with Gasteiger partial charge in [0.1, 0.15) is 0 Å². The highest BCUT2D eigenvalue weighted by Crippen LogP contribution is 2.12. The lowest BCUT2D eigenvalue weighted by atomic mass is 10.1. The van der Waals surface area contributed by atoms with E-state index in [9.17, 15) is 0 Å². The van der Waals surface area contributed by atoms with E-state index in [1.165, 1.54) is 70.6 Å². The highest BCUT2D eigenvalue weighted by atomic mass is 35.5. The van der Waals surface area contributed by atoms with E-state index in [4.69, 9.17) is 23.2 Å². The smallest absolute Gasteiger partial charge is 0.228 e. The zero-order chi connectivity index (χ0) is 16.8. The fraction of sp³-hybridized carbons (Fsp3) is 0.824. The third-order valence-electron chi connectivity index (χ3n) is 3.89. The molecule has 0 spiro atoms. The van der Waals surface area contributed by atoms with Crippen molar-refractivity contribution in [3.05, 3.63) is 10.6 Å². The summed E-state index contributed by atoms with van der Waals surface area (Å²) in [5.41, 5.74) is 0. The molecule has 0 radical (unpaired) electrons. The summed E-state index contributed by atoms with van der Waals surface area (Å²) in [5.74, 6) is 0.457. The molecule has 0 bridgehead atoms. The molecule has 0 atom stereocenters. The molecule has 0 aromatic carbocycles. The molecule has 0 aliphatic rings. The van der Waals surface area contributed by atoms with Crippen LogP contribution in [0.1, 0.15) is 84.0 Å². The third-order valence-corrected chi connectivity index (χ3v) is 4.23. The average molecular weight is 361 g/mol. The summed E-state index contributed by atoms with van der Waals surface area (Å²) in [6, 6.07) is 0. The van der Waals surface area contributed by atoms with Gasteiger partial charge in [-0.15, -0.1) is 0 Å². The summed E-state index contributed by atoms with van der Waals surface area (Å²) in [4.78, 5) is 11.7. The molecule has 23 heavy (non-hydrogen) atoms. The number of anilines is 1. The predicted molar refractivity (Wildman–Crippen MR) is 99.4 cm³/mol. The van der Waals surface area contributed by atoms with E-state index in [0.29, 0.717) is 5.95 Å². The van der Waals surface area contributed by atoms with E-state index in [1.54, 1.807) is 0 Å². The van der Waals surface area contributed by atoms with Crippen LogP contribution in [0.5, 0.6) is 0 Å². The number of hydrogen-bond acceptors (Lipinski definition) is 4. The van der Waals surface area contributed by atoms with Gasteiger partial charge in [0.25, 0.3) is 0 Å². The maximum Gasteiger partial charge on any atom is 0.228 e. The number of rotatable bonds is 14. The predicted octanol–water partition coefficient (Wildman–Crippen LogP) is 6.29. The molecule has 1 rings (SSSR count). The monoisotopic (exact) mass is 360 g/mol. The standard InChI is InChI=1S/C17H30Cl2N4/c1-2-3-4-5-6-7-8-9-10-11-12-13-14-20-17-22-15(18)21-16(19)23-17/h2-14H2,1H3,(H,20,21,22,23). The molecule has 0 saturated heterocycles. The minimum absolute atomic E-state index is 0.127. The SMILES string of the molecule is CCCCCCCCCCCCCCNc1nc(Cl)nc(Cl)n1. The first-order valence-corrected chi connectivity index (χ1v) is 9.79. The Kier molecular flexibility index (Phi) is 12.3. The van der Waals surface area contributed by atoms with Crippen LogP contribution in [0.2, 0.25) is 10.6 Å². The second-order valence-electron chi connectivity index (χ2n) is 6.01. The Balaban J connectivity index is 1.86. The van der Waals surface area contributed by atoms with Crippen molar-refractivity contribution < 1.29 is 0 Å². The van der Waals surface area contributed by atoms with Crippen molar-refractivity contribution in [3.8, 4) is 0 Å². The zero-order valence-electron chi connectivity index (χ0n) is 14.3. The van der Waals surface area contributed by atoms with Crippen molar-refractivity contribution >= 4 is 29.2 Å². The lowest BCUT2D eigenvalue weighted by molar-refractivity contribution is 0.546. The molecule has 4 nitrogen and oxygen atoms in total. The second-order valence-corrected chi connectivity index (χ2v) is 6.69. The van der Waals surface area contributed by atoms with Crippen LogP contribution in [0.4, 0.5) is 5.95 Å². The van der Waals surface area contributed by atoms with Crippen LogP contribution < -0.4 is 5.32 Å². The van der Waals surface area contributed by atoms with E-state index in [-0.39, 0.29) is 10.6 Å². The van der Waals surface area contributed by atoms with Crippen LogP contribution in [-0.2, 0) is 0 Å². The van der Waals surface area contributed by atoms with Crippen molar-refractivity contribution in [2.75, 3.05) is 11.9 Å². The summed E-state index contributed by atoms with van der Waals surface area (Å²) in [6.07, 6.45) is 16.2. The normalized spacial score (nSPS) is 10.9. The lowest BCUT2D eigenvalue weighted by Crippen LogP contribution is -2.06. The number of unbranched alkanes of at least 4 members (excludes halogenated alkanes) is 11. The largest absolute Gasteiger partial charge is 0.354 e. The molecule has 1 N–H and O–H groups in total. The minimum Gasteiger partial charge on any atom is -0.354 e. The molecular formula is C17H30Cl2N4. The molecule has 0 saturated carbocycles. The first-order valence-electron chi connectivity index (χ1n) is 9.03. The lowest BCUT2D eigenvalue weighted by Gasteiger charge is -2.05. The van der Waals surface area contributed by atoms with Crippen molar-refractivity contribution in [3.63, 3.8) is 0 Å². The van der Waals surface area contributed by atoms with Crippen molar-refractivity contribution in [1.29, 1.82) is 0 Å². The summed E-state index contributed by atoms with van der Waals surface area (Å²) in [5, 5.41) is 3.38. The van der Waals surface area contributed by atoms with E-state index in [1.807, 2.05) is 0 Å². The van der Waals surface area contributed by atoms with Crippen LogP contribution in [0.25, 0.3) is 0 Å². The Morgan fingerprint density at radius 3 is 1.57 bits per heavy atom. The highest BCUT2D eigenvalue weighted by Gasteiger charge is 2.01. The molecule has 0 unspecified atom stereocenters. The number of halogens is 2. The second kappa shape index (κ2) is 13.8. The molecule has 0 aliphatic carbocycles. The van der Waals surface area contributed by atoms with Crippen LogP contribution in [0.15, 0.2) is 0 Å². The van der Waals surface area contributed by atoms with Crippen molar-refractivity contribution in [2.24, 2.45) is 0 Å². The van der Waals surface area contributed by atoms with E-state index < -0.39 is 0 Å². The molecule has 1 aromatic heterocycles. The van der Waals surface area contributed by atoms with Gasteiger partial charge in [-0.1, -0.05) is 77.6 Å². The Labute approximate surface area is 150 Å². The van der Waals surface area contributed by atoms with Crippen molar-refractivity contribution in [1.82, 2.24) is 15.0 Å². The van der Waals surface area contributed by atoms with Gasteiger partial charge in [0.05, 0.1) is 0 Å². The van der Waals surface area contributed by atoms with Crippen LogP contribution in [-0.4, -0.2) is 21.5 Å². The van der Waals surface area contributed by atoms with Gasteiger partial charge in [-0.05, 0) is 29.6 Å². The summed E-state index contributed by atoms with van der Waals surface area (Å²) in [6.45, 7) is 3.11. The average Bonchev–Trinajstić information content (AvgIpc) is 2.51. The summed E-state index contributed by atoms with van der Waals surface area (Å²) in [7, 11) is 0. The first-order chi connectivity index (χ1) is 11.2. The summed E-state index contributed by atoms with van der Waals surface area (Å²) >= 11 is 11.4. The number of nitrogens with one attached hydrogen (secondary N) is 1.